The third-order valence-corrected chi connectivity index (χ3v) is 5.07. The van der Waals surface area contributed by atoms with E-state index in [9.17, 15) is 4.79 Å². The van der Waals surface area contributed by atoms with Crippen LogP contribution in [0.2, 0.25) is 0 Å². The van der Waals surface area contributed by atoms with Crippen molar-refractivity contribution in [3.05, 3.63) is 16.4 Å². The van der Waals surface area contributed by atoms with Crippen LogP contribution in [0.25, 0.3) is 4.96 Å². The second-order valence-electron chi connectivity index (χ2n) is 5.37. The van der Waals surface area contributed by atoms with Gasteiger partial charge in [0.1, 0.15) is 10.7 Å². The fourth-order valence-electron chi connectivity index (χ4n) is 2.55. The van der Waals surface area contributed by atoms with Gasteiger partial charge in [-0.05, 0) is 46.3 Å². The zero-order chi connectivity index (χ0) is 16.1. The fraction of sp³-hybridized carbons (Fsp3) is 0.667. The highest BCUT2D eigenvalue weighted by molar-refractivity contribution is 7.19. The number of carbonyl (C=O) groups excluding carboxylic acids is 1. The lowest BCUT2D eigenvalue weighted by molar-refractivity contribution is 0.0955. The van der Waals surface area contributed by atoms with Crippen molar-refractivity contribution < 1.29 is 4.79 Å². The zero-order valence-corrected chi connectivity index (χ0v) is 14.7. The van der Waals surface area contributed by atoms with Crippen molar-refractivity contribution in [1.82, 2.24) is 24.8 Å². The molecule has 2 aromatic rings. The van der Waals surface area contributed by atoms with E-state index in [0.717, 1.165) is 60.4 Å². The largest absolute Gasteiger partial charge is 0.351 e. The lowest BCUT2D eigenvalue weighted by atomic mass is 10.2. The zero-order valence-electron chi connectivity index (χ0n) is 13.8. The molecule has 0 aromatic carbocycles. The number of rotatable bonds is 8. The number of aryl methyl sites for hydroxylation is 2. The van der Waals surface area contributed by atoms with Crippen molar-refractivity contribution in [2.75, 3.05) is 26.2 Å². The summed E-state index contributed by atoms with van der Waals surface area (Å²) in [5.74, 6) is 0.817. The number of nitrogens with zero attached hydrogens (tertiary/aromatic N) is 4. The number of aromatic nitrogens is 3. The maximum absolute atomic E-state index is 12.3. The number of thiazole rings is 1. The molecule has 1 amide bonds. The van der Waals surface area contributed by atoms with E-state index in [1.165, 1.54) is 11.3 Å². The molecule has 2 rings (SSSR count). The van der Waals surface area contributed by atoms with Crippen LogP contribution in [0.4, 0.5) is 0 Å². The molecule has 7 heteroatoms. The highest BCUT2D eigenvalue weighted by Gasteiger charge is 2.17. The number of hydrogen-bond acceptors (Lipinski definition) is 5. The summed E-state index contributed by atoms with van der Waals surface area (Å²) >= 11 is 1.40. The van der Waals surface area contributed by atoms with Crippen LogP contribution in [0.3, 0.4) is 0 Å². The molecule has 0 aliphatic carbocycles. The normalized spacial score (nSPS) is 11.5. The molecule has 0 atom stereocenters. The van der Waals surface area contributed by atoms with E-state index in [4.69, 9.17) is 0 Å². The first-order valence-corrected chi connectivity index (χ1v) is 8.71. The van der Waals surface area contributed by atoms with E-state index < -0.39 is 0 Å². The molecule has 2 heterocycles. The topological polar surface area (TPSA) is 62.5 Å². The van der Waals surface area contributed by atoms with Crippen LogP contribution in [-0.2, 0) is 0 Å². The summed E-state index contributed by atoms with van der Waals surface area (Å²) in [7, 11) is 0. The average Bonchev–Trinajstić information content (AvgIpc) is 3.04. The summed E-state index contributed by atoms with van der Waals surface area (Å²) in [6.07, 6.45) is 2.11. The summed E-state index contributed by atoms with van der Waals surface area (Å²) < 4.78 is 1.93. The number of amides is 1. The monoisotopic (exact) mass is 323 g/mol. The maximum Gasteiger partial charge on any atom is 0.263 e. The lowest BCUT2D eigenvalue weighted by Gasteiger charge is -2.17. The second kappa shape index (κ2) is 7.69. The van der Waals surface area contributed by atoms with Gasteiger partial charge in [-0.1, -0.05) is 25.2 Å². The van der Waals surface area contributed by atoms with Crippen LogP contribution >= 0.6 is 11.3 Å². The fourth-order valence-corrected chi connectivity index (χ4v) is 3.58. The van der Waals surface area contributed by atoms with Crippen LogP contribution in [0.15, 0.2) is 0 Å². The van der Waals surface area contributed by atoms with E-state index in [2.05, 4.69) is 34.3 Å². The Morgan fingerprint density at radius 2 is 1.95 bits per heavy atom. The van der Waals surface area contributed by atoms with E-state index in [0.29, 0.717) is 0 Å². The summed E-state index contributed by atoms with van der Waals surface area (Å²) in [6.45, 7) is 12.2. The predicted octanol–water partition coefficient (Wildman–Crippen LogP) is 2.26. The molecule has 122 valence electrons. The summed E-state index contributed by atoms with van der Waals surface area (Å²) in [4.78, 5) is 16.2. The van der Waals surface area contributed by atoms with Gasteiger partial charge in [0, 0.05) is 12.2 Å². The number of hydrogen-bond donors (Lipinski definition) is 1. The first-order valence-electron chi connectivity index (χ1n) is 7.90. The molecule has 6 nitrogen and oxygen atoms in total. The molecule has 0 aliphatic rings. The van der Waals surface area contributed by atoms with Crippen LogP contribution in [0, 0.1) is 13.8 Å². The minimum atomic E-state index is -0.00441. The van der Waals surface area contributed by atoms with Gasteiger partial charge in [-0.3, -0.25) is 9.20 Å². The maximum atomic E-state index is 12.3. The predicted molar refractivity (Wildman–Crippen MR) is 89.7 cm³/mol. The minimum Gasteiger partial charge on any atom is -0.351 e. The Morgan fingerprint density at radius 3 is 2.59 bits per heavy atom. The van der Waals surface area contributed by atoms with E-state index in [-0.39, 0.29) is 5.91 Å². The van der Waals surface area contributed by atoms with E-state index in [1.54, 1.807) is 0 Å². The van der Waals surface area contributed by atoms with Gasteiger partial charge in [-0.2, -0.15) is 0 Å². The standard InChI is InChI=1S/C15H25N5OS/c1-5-19(6-2)10-8-7-9-16-14(21)13-11(3)20-12(4)17-18-15(20)22-13/h5-10H2,1-4H3,(H,16,21). The van der Waals surface area contributed by atoms with Gasteiger partial charge in [-0.25, -0.2) is 0 Å². The molecule has 0 saturated carbocycles. The van der Waals surface area contributed by atoms with Crippen molar-refractivity contribution in [2.24, 2.45) is 0 Å². The van der Waals surface area contributed by atoms with Gasteiger partial charge in [-0.15, -0.1) is 10.2 Å². The Morgan fingerprint density at radius 1 is 1.23 bits per heavy atom. The summed E-state index contributed by atoms with van der Waals surface area (Å²) in [5.41, 5.74) is 0.920. The Bertz CT molecular complexity index is 629. The van der Waals surface area contributed by atoms with Crippen molar-refractivity contribution in [3.8, 4) is 0 Å². The van der Waals surface area contributed by atoms with Gasteiger partial charge in [0.15, 0.2) is 0 Å². The third kappa shape index (κ3) is 3.64. The average molecular weight is 323 g/mol. The van der Waals surface area contributed by atoms with Crippen molar-refractivity contribution >= 4 is 22.2 Å². The minimum absolute atomic E-state index is 0.00441. The molecular formula is C15H25N5OS. The first kappa shape index (κ1) is 16.9. The number of carbonyl (C=O) groups is 1. The van der Waals surface area contributed by atoms with Gasteiger partial charge in [0.05, 0.1) is 0 Å². The third-order valence-electron chi connectivity index (χ3n) is 3.94. The molecule has 0 aliphatic heterocycles. The molecule has 1 N–H and O–H groups in total. The highest BCUT2D eigenvalue weighted by Crippen LogP contribution is 2.22. The van der Waals surface area contributed by atoms with Gasteiger partial charge < -0.3 is 10.2 Å². The Kier molecular flexibility index (Phi) is 5.90. The Balaban J connectivity index is 1.83. The molecule has 0 spiro atoms. The number of unbranched alkanes of at least 4 members (excludes halogenated alkanes) is 1. The van der Waals surface area contributed by atoms with E-state index in [1.807, 2.05) is 18.2 Å². The van der Waals surface area contributed by atoms with Gasteiger partial charge in [0.25, 0.3) is 5.91 Å². The Labute approximate surface area is 135 Å². The SMILES string of the molecule is CCN(CC)CCCCNC(=O)c1sc2nnc(C)n2c1C. The molecule has 0 fully saturated rings. The molecular weight excluding hydrogens is 298 g/mol. The van der Waals surface area contributed by atoms with Gasteiger partial charge >= 0.3 is 0 Å². The molecule has 0 saturated heterocycles. The lowest BCUT2D eigenvalue weighted by Crippen LogP contribution is -2.27. The number of nitrogens with one attached hydrogen (secondary N) is 1. The molecule has 22 heavy (non-hydrogen) atoms. The van der Waals surface area contributed by atoms with Crippen LogP contribution in [0.5, 0.6) is 0 Å². The highest BCUT2D eigenvalue weighted by atomic mass is 32.1. The van der Waals surface area contributed by atoms with Crippen molar-refractivity contribution in [2.45, 2.75) is 40.5 Å². The van der Waals surface area contributed by atoms with Crippen molar-refractivity contribution in [3.63, 3.8) is 0 Å². The van der Waals surface area contributed by atoms with Gasteiger partial charge in [0.2, 0.25) is 4.96 Å². The summed E-state index contributed by atoms with van der Waals surface area (Å²) in [5, 5.41) is 11.1. The van der Waals surface area contributed by atoms with Crippen LogP contribution in [0.1, 0.15) is 47.9 Å². The summed E-state index contributed by atoms with van der Waals surface area (Å²) in [6, 6.07) is 0. The smallest absolute Gasteiger partial charge is 0.263 e. The van der Waals surface area contributed by atoms with Crippen LogP contribution in [-0.4, -0.2) is 51.6 Å². The number of fused-ring (bicyclic) bond motifs is 1. The molecule has 0 unspecified atom stereocenters. The van der Waals surface area contributed by atoms with E-state index >= 15 is 0 Å². The van der Waals surface area contributed by atoms with Crippen molar-refractivity contribution in [1.29, 1.82) is 0 Å². The quantitative estimate of drug-likeness (QED) is 0.757. The molecule has 0 bridgehead atoms. The second-order valence-corrected chi connectivity index (χ2v) is 6.35. The molecule has 0 radical (unpaired) electrons. The Hall–Kier alpha value is -1.47. The molecule has 2 aromatic heterocycles. The first-order chi connectivity index (χ1) is 10.6. The van der Waals surface area contributed by atoms with Crippen LogP contribution < -0.4 is 5.32 Å².